The zero-order valence-corrected chi connectivity index (χ0v) is 33.6. The number of allylic oxidation sites excluding steroid dienone is 2. The number of rotatable bonds is 4. The fourth-order valence-electron chi connectivity index (χ4n) is 13.3. The van der Waals surface area contributed by atoms with Crippen LogP contribution in [0.4, 0.5) is 0 Å². The molecule has 1 spiro atoms. The van der Waals surface area contributed by atoms with Gasteiger partial charge in [-0.3, -0.25) is 0 Å². The fourth-order valence-corrected chi connectivity index (χ4v) is 13.3. The third kappa shape index (κ3) is 5.17. The fraction of sp³-hybridized carbons (Fsp3) is 0.609. The summed E-state index contributed by atoms with van der Waals surface area (Å²) in [6.45, 7) is 6.66. The average molecular weight is 815 g/mol. The molecule has 4 aliphatic carbocycles. The van der Waals surface area contributed by atoms with Crippen molar-refractivity contribution >= 4 is 11.9 Å². The number of hydrogen-bond acceptors (Lipinski definition) is 13. The quantitative estimate of drug-likeness (QED) is 0.223. The SMILES string of the molecule is C[C@H]1[C@@H]2CC[C@@H]1[C@H](OC(=O)c1ccccc1)/C=C\C=CC(=O)O[C@H]1[C@@H](C)C[C@@H]3[C@]1(O)[C@H](O)[C@@]1(CO)O[C@H]1[C@H]1[C@H]4OC5(c6ccccc6)O[C@@H]([C@@H](C)[C@@]13O5)[C@@]4(O)[C@](C)(O)C2. The summed E-state index contributed by atoms with van der Waals surface area (Å²) in [5.74, 6) is -6.79. The Balaban J connectivity index is 1.14. The molecular formula is C46H54O13. The molecule has 0 radical (unpaired) electrons. The first kappa shape index (κ1) is 39.6. The maximum absolute atomic E-state index is 13.7. The van der Waals surface area contributed by atoms with Crippen molar-refractivity contribution in [1.82, 2.24) is 0 Å². The molecule has 13 nitrogen and oxygen atoms in total. The molecule has 19 atom stereocenters. The van der Waals surface area contributed by atoms with Gasteiger partial charge in [0.15, 0.2) is 0 Å². The van der Waals surface area contributed by atoms with Gasteiger partial charge < -0.3 is 54.0 Å². The van der Waals surface area contributed by atoms with Crippen molar-refractivity contribution in [2.45, 2.75) is 124 Å². The van der Waals surface area contributed by atoms with Crippen molar-refractivity contribution < 1.29 is 63.5 Å². The summed E-state index contributed by atoms with van der Waals surface area (Å²) in [7, 11) is 0. The van der Waals surface area contributed by atoms with Gasteiger partial charge in [0.05, 0.1) is 23.4 Å². The van der Waals surface area contributed by atoms with Gasteiger partial charge in [0, 0.05) is 35.3 Å². The second kappa shape index (κ2) is 13.3. The Kier molecular flexibility index (Phi) is 8.90. The number of carbonyl (C=O) groups is 2. The Labute approximate surface area is 342 Å². The lowest BCUT2D eigenvalue weighted by Gasteiger charge is -2.74. The van der Waals surface area contributed by atoms with E-state index in [0.717, 1.165) is 0 Å². The lowest BCUT2D eigenvalue weighted by atomic mass is 9.49. The number of fused-ring (bicyclic) bond motifs is 6. The number of epoxide rings is 1. The second-order valence-electron chi connectivity index (χ2n) is 19.0. The molecule has 0 aromatic heterocycles. The average Bonchev–Trinajstić information content (AvgIpc) is 3.79. The third-order valence-electron chi connectivity index (χ3n) is 16.2. The molecule has 5 N–H and O–H groups in total. The summed E-state index contributed by atoms with van der Waals surface area (Å²) in [6, 6.07) is 17.7. The Morgan fingerprint density at radius 1 is 0.881 bits per heavy atom. The number of benzene rings is 2. The number of carbonyl (C=O) groups excluding carboxylic acids is 2. The molecule has 13 heteroatoms. The molecule has 10 aliphatic rings. The number of aliphatic hydroxyl groups excluding tert-OH is 2. The molecule has 12 rings (SSSR count). The Morgan fingerprint density at radius 2 is 1.58 bits per heavy atom. The van der Waals surface area contributed by atoms with Gasteiger partial charge in [-0.1, -0.05) is 81.5 Å². The molecular weight excluding hydrogens is 760 g/mol. The van der Waals surface area contributed by atoms with Crippen LogP contribution in [0.2, 0.25) is 0 Å². The number of ether oxygens (including phenoxy) is 6. The van der Waals surface area contributed by atoms with E-state index in [1.807, 2.05) is 38.1 Å². The zero-order valence-electron chi connectivity index (χ0n) is 33.6. The first-order valence-electron chi connectivity index (χ1n) is 21.2. The maximum atomic E-state index is 13.7. The minimum atomic E-state index is -2.22. The summed E-state index contributed by atoms with van der Waals surface area (Å²) < 4.78 is 39.7. The van der Waals surface area contributed by atoms with Gasteiger partial charge in [-0.25, -0.2) is 9.59 Å². The first-order valence-corrected chi connectivity index (χ1v) is 21.2. The van der Waals surface area contributed by atoms with E-state index in [4.69, 9.17) is 28.4 Å². The van der Waals surface area contributed by atoms with Crippen molar-refractivity contribution in [3.63, 3.8) is 0 Å². The molecule has 4 saturated heterocycles. The number of aliphatic hydroxyl groups is 5. The highest BCUT2D eigenvalue weighted by Crippen LogP contribution is 2.75. The van der Waals surface area contributed by atoms with Crippen molar-refractivity contribution in [2.24, 2.45) is 41.4 Å². The van der Waals surface area contributed by atoms with E-state index in [1.54, 1.807) is 55.5 Å². The van der Waals surface area contributed by atoms with Crippen LogP contribution in [-0.4, -0.2) is 109 Å². The Hall–Kier alpha value is -3.50. The van der Waals surface area contributed by atoms with Crippen LogP contribution in [0, 0.1) is 41.4 Å². The van der Waals surface area contributed by atoms with E-state index < -0.39 is 113 Å². The highest BCUT2D eigenvalue weighted by molar-refractivity contribution is 5.89. The lowest BCUT2D eigenvalue weighted by Crippen LogP contribution is -2.89. The molecule has 2 aromatic carbocycles. The van der Waals surface area contributed by atoms with E-state index in [0.29, 0.717) is 24.0 Å². The van der Waals surface area contributed by atoms with Gasteiger partial charge >= 0.3 is 17.9 Å². The van der Waals surface area contributed by atoms with Crippen LogP contribution < -0.4 is 0 Å². The molecule has 11 bridgehead atoms. The second-order valence-corrected chi connectivity index (χ2v) is 19.0. The van der Waals surface area contributed by atoms with Gasteiger partial charge in [0.25, 0.3) is 0 Å². The molecule has 0 amide bonds. The Morgan fingerprint density at radius 3 is 2.29 bits per heavy atom. The van der Waals surface area contributed by atoms with Gasteiger partial charge in [-0.05, 0) is 68.6 Å². The summed E-state index contributed by atoms with van der Waals surface area (Å²) >= 11 is 0. The standard InChI is InChI=1S/C46H54O13/c1-24-21-32-43(52)35(24)55-33(48)18-12-11-17-31(54-39(49)27-13-7-5-8-14-27)30-20-19-28(25(30)2)22-41(4,51)45(53)36-26(3)44(32)34(37-42(23-47,56-37)40(43)50)38(45)58-46(57-36,59-44)29-15-9-6-10-16-29/h5-18,24-26,28,30-32,34-38,40,47,50-53H,19-23H2,1-4H3/b17-11-,18-12?/t24-,25-,26+,28+,30-,31+,32+,34-,35-,36-,37-,38+,40+,41+,42-,43+,44-,45-,46?/m0/s1. The smallest absolute Gasteiger partial charge is 0.338 e. The van der Waals surface area contributed by atoms with E-state index in [1.165, 1.54) is 12.2 Å². The highest BCUT2D eigenvalue weighted by Gasteiger charge is 2.91. The highest BCUT2D eigenvalue weighted by atomic mass is 16.9. The van der Waals surface area contributed by atoms with Gasteiger partial charge in [-0.15, -0.1) is 0 Å². The van der Waals surface area contributed by atoms with E-state index in [9.17, 15) is 35.1 Å². The largest absolute Gasteiger partial charge is 0.456 e. The molecule has 8 fully saturated rings. The van der Waals surface area contributed by atoms with E-state index in [-0.39, 0.29) is 30.6 Å². The minimum absolute atomic E-state index is 0.102. The summed E-state index contributed by atoms with van der Waals surface area (Å²) in [4.78, 5) is 27.2. The maximum Gasteiger partial charge on any atom is 0.338 e. The van der Waals surface area contributed by atoms with Gasteiger partial charge in [-0.2, -0.15) is 0 Å². The lowest BCUT2D eigenvalue weighted by molar-refractivity contribution is -0.595. The third-order valence-corrected chi connectivity index (χ3v) is 16.2. The zero-order chi connectivity index (χ0) is 41.5. The van der Waals surface area contributed by atoms with E-state index in [2.05, 4.69) is 6.92 Å². The van der Waals surface area contributed by atoms with Crippen LogP contribution in [0.1, 0.15) is 69.3 Å². The van der Waals surface area contributed by atoms with Crippen LogP contribution in [-0.2, 0) is 39.2 Å². The van der Waals surface area contributed by atoms with Crippen LogP contribution in [0.3, 0.4) is 0 Å². The predicted octanol–water partition coefficient (Wildman–Crippen LogP) is 3.31. The molecule has 2 aromatic rings. The van der Waals surface area contributed by atoms with E-state index >= 15 is 0 Å². The van der Waals surface area contributed by atoms with Crippen molar-refractivity contribution in [2.75, 3.05) is 6.61 Å². The monoisotopic (exact) mass is 814 g/mol. The van der Waals surface area contributed by atoms with Crippen molar-refractivity contribution in [3.8, 4) is 0 Å². The van der Waals surface area contributed by atoms with Crippen molar-refractivity contribution in [3.05, 3.63) is 96.1 Å². The number of esters is 2. The van der Waals surface area contributed by atoms with Crippen LogP contribution in [0.25, 0.3) is 0 Å². The van der Waals surface area contributed by atoms with Crippen LogP contribution in [0.5, 0.6) is 0 Å². The molecule has 6 aliphatic heterocycles. The predicted molar refractivity (Wildman–Crippen MR) is 207 cm³/mol. The summed E-state index contributed by atoms with van der Waals surface area (Å²) in [6.07, 6.45) is 0.608. The van der Waals surface area contributed by atoms with Gasteiger partial charge in [0.2, 0.25) is 0 Å². The normalized spacial score (nSPS) is 52.2. The van der Waals surface area contributed by atoms with Gasteiger partial charge in [0.1, 0.15) is 53.4 Å². The molecule has 59 heavy (non-hydrogen) atoms. The molecule has 6 heterocycles. The first-order chi connectivity index (χ1) is 28.1. The van der Waals surface area contributed by atoms with Crippen molar-refractivity contribution in [1.29, 1.82) is 0 Å². The molecule has 316 valence electrons. The minimum Gasteiger partial charge on any atom is -0.456 e. The van der Waals surface area contributed by atoms with Crippen LogP contribution >= 0.6 is 0 Å². The number of hydrogen-bond donors (Lipinski definition) is 5. The molecule has 4 saturated carbocycles. The topological polar surface area (TPSA) is 194 Å². The summed E-state index contributed by atoms with van der Waals surface area (Å²) in [5.41, 5.74) is -8.50. The molecule has 1 unspecified atom stereocenters. The van der Waals surface area contributed by atoms with Crippen LogP contribution in [0.15, 0.2) is 85.0 Å². The summed E-state index contributed by atoms with van der Waals surface area (Å²) in [5, 5.41) is 63.4. The Bertz CT molecular complexity index is 2060.